The number of carbonyl (C=O) groups excluding carboxylic acids is 1. The third-order valence-electron chi connectivity index (χ3n) is 2.32. The van der Waals surface area contributed by atoms with Crippen molar-refractivity contribution in [2.75, 3.05) is 13.7 Å². The Bertz CT molecular complexity index is 277. The van der Waals surface area contributed by atoms with Crippen LogP contribution < -0.4 is 0 Å². The number of hydrogen-bond acceptors (Lipinski definition) is 3. The molecule has 0 aliphatic carbocycles. The van der Waals surface area contributed by atoms with Crippen molar-refractivity contribution in [3.05, 3.63) is 36.5 Å². The molecule has 0 fully saturated rings. The van der Waals surface area contributed by atoms with Crippen LogP contribution in [-0.2, 0) is 9.53 Å². The third kappa shape index (κ3) is 12.7. The van der Waals surface area contributed by atoms with Gasteiger partial charge in [-0.3, -0.25) is 4.79 Å². The van der Waals surface area contributed by atoms with Gasteiger partial charge in [-0.15, -0.1) is 0 Å². The molecule has 18 heavy (non-hydrogen) atoms. The van der Waals surface area contributed by atoms with E-state index in [2.05, 4.69) is 29.0 Å². The van der Waals surface area contributed by atoms with Crippen molar-refractivity contribution < 1.29 is 14.6 Å². The van der Waals surface area contributed by atoms with Gasteiger partial charge in [0.05, 0.1) is 7.11 Å². The fourth-order valence-electron chi connectivity index (χ4n) is 1.32. The molecule has 102 valence electrons. The van der Waals surface area contributed by atoms with Crippen molar-refractivity contribution in [3.8, 4) is 0 Å². The molecule has 0 aromatic heterocycles. The predicted molar refractivity (Wildman–Crippen MR) is 74.2 cm³/mol. The summed E-state index contributed by atoms with van der Waals surface area (Å²) in [6.07, 6.45) is 17.3. The number of carbonyl (C=O) groups is 1. The molecule has 0 unspecified atom stereocenters. The average Bonchev–Trinajstić information content (AvgIpc) is 2.39. The van der Waals surface area contributed by atoms with Crippen LogP contribution in [0.25, 0.3) is 0 Å². The smallest absolute Gasteiger partial charge is 0.305 e. The van der Waals surface area contributed by atoms with E-state index in [4.69, 9.17) is 5.11 Å². The van der Waals surface area contributed by atoms with Gasteiger partial charge in [0, 0.05) is 13.0 Å². The molecule has 0 rings (SSSR count). The minimum absolute atomic E-state index is 0.141. The van der Waals surface area contributed by atoms with Crippen molar-refractivity contribution >= 4 is 5.97 Å². The van der Waals surface area contributed by atoms with Crippen LogP contribution in [0.5, 0.6) is 0 Å². The summed E-state index contributed by atoms with van der Waals surface area (Å²) in [4.78, 5) is 10.8. The van der Waals surface area contributed by atoms with Crippen molar-refractivity contribution in [1.82, 2.24) is 0 Å². The average molecular weight is 252 g/mol. The molecule has 3 heteroatoms. The van der Waals surface area contributed by atoms with Gasteiger partial charge in [0.25, 0.3) is 0 Å². The SMILES string of the molecule is COC(=O)CCC/C=C\C/C=C\C/C=C\CCO. The fourth-order valence-corrected chi connectivity index (χ4v) is 1.32. The Morgan fingerprint density at radius 2 is 1.56 bits per heavy atom. The Hall–Kier alpha value is -1.35. The fraction of sp³-hybridized carbons (Fsp3) is 0.533. The molecule has 0 atom stereocenters. The molecule has 0 saturated carbocycles. The summed E-state index contributed by atoms with van der Waals surface area (Å²) in [6.45, 7) is 0.217. The summed E-state index contributed by atoms with van der Waals surface area (Å²) >= 11 is 0. The highest BCUT2D eigenvalue weighted by Crippen LogP contribution is 1.99. The molecule has 0 radical (unpaired) electrons. The second-order valence-corrected chi connectivity index (χ2v) is 3.87. The third-order valence-corrected chi connectivity index (χ3v) is 2.32. The van der Waals surface area contributed by atoms with E-state index in [1.54, 1.807) is 0 Å². The van der Waals surface area contributed by atoms with Gasteiger partial charge < -0.3 is 9.84 Å². The first-order valence-electron chi connectivity index (χ1n) is 6.44. The van der Waals surface area contributed by atoms with Crippen LogP contribution in [0.4, 0.5) is 0 Å². The van der Waals surface area contributed by atoms with Gasteiger partial charge in [-0.25, -0.2) is 0 Å². The maximum atomic E-state index is 10.8. The Labute approximate surface area is 110 Å². The second-order valence-electron chi connectivity index (χ2n) is 3.87. The van der Waals surface area contributed by atoms with Crippen LogP contribution in [-0.4, -0.2) is 24.8 Å². The normalized spacial score (nSPS) is 11.9. The molecule has 3 nitrogen and oxygen atoms in total. The van der Waals surface area contributed by atoms with Crippen molar-refractivity contribution in [2.45, 2.75) is 38.5 Å². The first kappa shape index (κ1) is 16.6. The summed E-state index contributed by atoms with van der Waals surface area (Å²) in [5.74, 6) is -0.141. The summed E-state index contributed by atoms with van der Waals surface area (Å²) in [7, 11) is 1.41. The number of allylic oxidation sites excluding steroid dienone is 5. The number of ether oxygens (including phenoxy) is 1. The van der Waals surface area contributed by atoms with Crippen LogP contribution in [0.3, 0.4) is 0 Å². The number of esters is 1. The maximum absolute atomic E-state index is 10.8. The van der Waals surface area contributed by atoms with Crippen LogP contribution >= 0.6 is 0 Å². The molecule has 0 aliphatic rings. The minimum Gasteiger partial charge on any atom is -0.469 e. The monoisotopic (exact) mass is 252 g/mol. The lowest BCUT2D eigenvalue weighted by Crippen LogP contribution is -1.98. The molecule has 0 heterocycles. The quantitative estimate of drug-likeness (QED) is 0.369. The zero-order chi connectivity index (χ0) is 13.5. The van der Waals surface area contributed by atoms with Crippen molar-refractivity contribution in [1.29, 1.82) is 0 Å². The Kier molecular flexibility index (Phi) is 12.7. The van der Waals surface area contributed by atoms with Crippen LogP contribution in [0.1, 0.15) is 38.5 Å². The molecule has 0 aliphatic heterocycles. The summed E-state index contributed by atoms with van der Waals surface area (Å²) < 4.78 is 4.55. The molecular weight excluding hydrogens is 228 g/mol. The summed E-state index contributed by atoms with van der Waals surface area (Å²) in [5.41, 5.74) is 0. The molecular formula is C15H24O3. The van der Waals surface area contributed by atoms with E-state index >= 15 is 0 Å². The summed E-state index contributed by atoms with van der Waals surface area (Å²) in [6, 6.07) is 0. The van der Waals surface area contributed by atoms with Gasteiger partial charge in [-0.05, 0) is 32.1 Å². The van der Waals surface area contributed by atoms with E-state index in [0.29, 0.717) is 6.42 Å². The van der Waals surface area contributed by atoms with Gasteiger partial charge in [0.2, 0.25) is 0 Å². The highest BCUT2D eigenvalue weighted by atomic mass is 16.5. The van der Waals surface area contributed by atoms with Crippen LogP contribution in [0, 0.1) is 0 Å². The van der Waals surface area contributed by atoms with Gasteiger partial charge in [0.15, 0.2) is 0 Å². The number of rotatable bonds is 10. The first-order chi connectivity index (χ1) is 8.81. The lowest BCUT2D eigenvalue weighted by Gasteiger charge is -1.95. The Morgan fingerprint density at radius 3 is 2.11 bits per heavy atom. The Morgan fingerprint density at radius 1 is 1.00 bits per heavy atom. The zero-order valence-electron chi connectivity index (χ0n) is 11.2. The number of aliphatic hydroxyl groups excluding tert-OH is 1. The topological polar surface area (TPSA) is 46.5 Å². The van der Waals surface area contributed by atoms with E-state index in [9.17, 15) is 4.79 Å². The van der Waals surface area contributed by atoms with Gasteiger partial charge in [-0.1, -0.05) is 36.5 Å². The molecule has 0 spiro atoms. The lowest BCUT2D eigenvalue weighted by molar-refractivity contribution is -0.140. The van der Waals surface area contributed by atoms with Crippen molar-refractivity contribution in [2.24, 2.45) is 0 Å². The Balaban J connectivity index is 3.37. The number of methoxy groups -OCH3 is 1. The van der Waals surface area contributed by atoms with Gasteiger partial charge >= 0.3 is 5.97 Å². The minimum atomic E-state index is -0.141. The van der Waals surface area contributed by atoms with E-state index in [0.717, 1.165) is 32.1 Å². The molecule has 0 saturated heterocycles. The van der Waals surface area contributed by atoms with E-state index in [-0.39, 0.29) is 12.6 Å². The number of hydrogen-bond donors (Lipinski definition) is 1. The second kappa shape index (κ2) is 13.7. The highest BCUT2D eigenvalue weighted by Gasteiger charge is 1.96. The standard InChI is InChI=1S/C15H24O3/c1-18-15(17)13-11-9-7-5-3-2-4-6-8-10-12-14-16/h2,4-5,7-8,10,16H,3,6,9,11-14H2,1H3/b4-2-,7-5-,10-8-. The van der Waals surface area contributed by atoms with Crippen molar-refractivity contribution in [3.63, 3.8) is 0 Å². The van der Waals surface area contributed by atoms with Gasteiger partial charge in [-0.2, -0.15) is 0 Å². The summed E-state index contributed by atoms with van der Waals surface area (Å²) in [5, 5.41) is 8.55. The lowest BCUT2D eigenvalue weighted by atomic mass is 10.2. The first-order valence-corrected chi connectivity index (χ1v) is 6.44. The highest BCUT2D eigenvalue weighted by molar-refractivity contribution is 5.68. The maximum Gasteiger partial charge on any atom is 0.305 e. The van der Waals surface area contributed by atoms with E-state index in [1.165, 1.54) is 7.11 Å². The zero-order valence-corrected chi connectivity index (χ0v) is 11.2. The van der Waals surface area contributed by atoms with Gasteiger partial charge in [0.1, 0.15) is 0 Å². The van der Waals surface area contributed by atoms with Crippen LogP contribution in [0.2, 0.25) is 0 Å². The molecule has 1 N–H and O–H groups in total. The van der Waals surface area contributed by atoms with Crippen LogP contribution in [0.15, 0.2) is 36.5 Å². The van der Waals surface area contributed by atoms with E-state index in [1.807, 2.05) is 12.2 Å². The molecule has 0 amide bonds. The largest absolute Gasteiger partial charge is 0.469 e. The molecule has 0 aromatic carbocycles. The molecule has 0 aromatic rings. The molecule has 0 bridgehead atoms. The number of aliphatic hydroxyl groups is 1. The number of unbranched alkanes of at least 4 members (excludes halogenated alkanes) is 1. The predicted octanol–water partition coefficient (Wildman–Crippen LogP) is 3.16. The van der Waals surface area contributed by atoms with E-state index < -0.39 is 0 Å².